The van der Waals surface area contributed by atoms with Crippen molar-refractivity contribution in [1.82, 2.24) is 0 Å². The molecular formula is C3H8Cl2Si. The van der Waals surface area contributed by atoms with Crippen LogP contribution in [0.4, 0.5) is 0 Å². The number of hydrogen-bond donors (Lipinski definition) is 0. The van der Waals surface area contributed by atoms with Gasteiger partial charge in [-0.05, 0) is 0 Å². The highest BCUT2D eigenvalue weighted by molar-refractivity contribution is 6.80. The van der Waals surface area contributed by atoms with E-state index in [1.165, 1.54) is 0 Å². The van der Waals surface area contributed by atoms with Gasteiger partial charge in [0.2, 0.25) is 0 Å². The van der Waals surface area contributed by atoms with Gasteiger partial charge in [0, 0.05) is 5.88 Å². The molecule has 0 saturated carbocycles. The Morgan fingerprint density at radius 2 is 1.83 bits per heavy atom. The molecule has 0 heterocycles. The summed E-state index contributed by atoms with van der Waals surface area (Å²) in [4.78, 5) is 0. The van der Waals surface area contributed by atoms with Crippen molar-refractivity contribution in [2.24, 2.45) is 0 Å². The molecule has 0 aromatic rings. The second-order valence-electron chi connectivity index (χ2n) is 0.443. The van der Waals surface area contributed by atoms with Gasteiger partial charge in [-0.15, -0.1) is 18.2 Å². The van der Waals surface area contributed by atoms with Crippen LogP contribution in [0.15, 0.2) is 12.7 Å². The second-order valence-corrected chi connectivity index (χ2v) is 0.752. The van der Waals surface area contributed by atoms with E-state index in [1.807, 2.05) is 0 Å². The van der Waals surface area contributed by atoms with Crippen molar-refractivity contribution in [3.05, 3.63) is 12.7 Å². The molecule has 0 nitrogen and oxygen atoms in total. The molecular weight excluding hydrogens is 135 g/mol. The Morgan fingerprint density at radius 1 is 1.67 bits per heavy atom. The Morgan fingerprint density at radius 3 is 1.83 bits per heavy atom. The highest BCUT2D eigenvalue weighted by atomic mass is 35.6. The summed E-state index contributed by atoms with van der Waals surface area (Å²) < 4.78 is 0. The van der Waals surface area contributed by atoms with Gasteiger partial charge in [-0.3, -0.25) is 0 Å². The third-order valence-corrected chi connectivity index (χ3v) is 0.327. The fourth-order valence-corrected chi connectivity index (χ4v) is 0. The van der Waals surface area contributed by atoms with Gasteiger partial charge in [0.15, 0.2) is 0 Å². The Kier molecular flexibility index (Phi) is 28.7. The quantitative estimate of drug-likeness (QED) is 0.221. The standard InChI is InChI=1S/C3H5Cl.ClH3Si/c1-2-3-4;1-2/h2H,1,3H2;2H3. The molecule has 0 aliphatic rings. The van der Waals surface area contributed by atoms with Gasteiger partial charge in [0.05, 0.1) is 0 Å². The molecule has 0 atom stereocenters. The third kappa shape index (κ3) is 24.0. The normalized spacial score (nSPS) is 5.67. The average Bonchev–Trinajstić information content (AvgIpc) is 1.72. The lowest BCUT2D eigenvalue weighted by Gasteiger charge is -1.55. The van der Waals surface area contributed by atoms with Gasteiger partial charge in [-0.1, -0.05) is 6.08 Å². The molecule has 0 fully saturated rings. The molecule has 38 valence electrons. The van der Waals surface area contributed by atoms with Crippen LogP contribution in [0.25, 0.3) is 0 Å². The minimum atomic E-state index is 0.556. The molecule has 0 saturated heterocycles. The maximum atomic E-state index is 5.07. The molecule has 0 unspecified atom stereocenters. The minimum absolute atomic E-state index is 0.556. The van der Waals surface area contributed by atoms with Crippen LogP contribution in [0.5, 0.6) is 0 Å². The number of hydrogen-bond acceptors (Lipinski definition) is 0. The van der Waals surface area contributed by atoms with E-state index in [4.69, 9.17) is 22.7 Å². The van der Waals surface area contributed by atoms with Gasteiger partial charge >= 0.3 is 0 Å². The summed E-state index contributed by atoms with van der Waals surface area (Å²) in [5.74, 6) is 0.556. The topological polar surface area (TPSA) is 0 Å². The smallest absolute Gasteiger partial charge is 0.109 e. The summed E-state index contributed by atoms with van der Waals surface area (Å²) >= 11 is 9.85. The van der Waals surface area contributed by atoms with E-state index in [1.54, 1.807) is 6.08 Å². The highest BCUT2D eigenvalue weighted by Gasteiger charge is 1.48. The van der Waals surface area contributed by atoms with Gasteiger partial charge in [-0.2, -0.15) is 11.1 Å². The average molecular weight is 143 g/mol. The molecule has 0 aromatic heterocycles. The first-order chi connectivity index (χ1) is 2.91. The van der Waals surface area contributed by atoms with Crippen LogP contribution in [0, 0.1) is 0 Å². The first kappa shape index (κ1) is 9.74. The summed E-state index contributed by atoms with van der Waals surface area (Å²) in [7, 11) is 0.778. The van der Waals surface area contributed by atoms with Crippen molar-refractivity contribution in [3.8, 4) is 0 Å². The van der Waals surface area contributed by atoms with E-state index in [-0.39, 0.29) is 0 Å². The monoisotopic (exact) mass is 142 g/mol. The molecule has 0 aliphatic heterocycles. The van der Waals surface area contributed by atoms with Gasteiger partial charge in [0.25, 0.3) is 0 Å². The van der Waals surface area contributed by atoms with Crippen molar-refractivity contribution in [1.29, 1.82) is 0 Å². The van der Waals surface area contributed by atoms with Crippen molar-refractivity contribution >= 4 is 32.2 Å². The molecule has 0 radical (unpaired) electrons. The summed E-state index contributed by atoms with van der Waals surface area (Å²) in [5, 5.41) is 0. The van der Waals surface area contributed by atoms with E-state index >= 15 is 0 Å². The molecule has 0 amide bonds. The zero-order valence-electron chi connectivity index (χ0n) is 3.75. The number of rotatable bonds is 1. The highest BCUT2D eigenvalue weighted by Crippen LogP contribution is 1.67. The molecule has 0 bridgehead atoms. The SMILES string of the molecule is C=CCCl.[SiH3]Cl. The molecule has 0 aromatic carbocycles. The predicted molar refractivity (Wildman–Crippen MR) is 36.7 cm³/mol. The third-order valence-electron chi connectivity index (χ3n) is 0.109. The maximum Gasteiger partial charge on any atom is 0.109 e. The summed E-state index contributed by atoms with van der Waals surface area (Å²) in [6.45, 7) is 3.35. The Balaban J connectivity index is 0. The zero-order valence-corrected chi connectivity index (χ0v) is 7.26. The van der Waals surface area contributed by atoms with Gasteiger partial charge in [-0.25, -0.2) is 0 Å². The summed E-state index contributed by atoms with van der Waals surface area (Å²) in [6, 6.07) is 0. The van der Waals surface area contributed by atoms with Crippen LogP contribution in [0.1, 0.15) is 0 Å². The molecule has 0 rings (SSSR count). The second kappa shape index (κ2) is 17.7. The van der Waals surface area contributed by atoms with E-state index < -0.39 is 0 Å². The summed E-state index contributed by atoms with van der Waals surface area (Å²) in [5.41, 5.74) is 0. The fourth-order valence-electron chi connectivity index (χ4n) is 0. The van der Waals surface area contributed by atoms with Crippen LogP contribution in [-0.2, 0) is 0 Å². The van der Waals surface area contributed by atoms with Crippen LogP contribution < -0.4 is 0 Å². The van der Waals surface area contributed by atoms with E-state index in [9.17, 15) is 0 Å². The van der Waals surface area contributed by atoms with Gasteiger partial charge < -0.3 is 0 Å². The van der Waals surface area contributed by atoms with Crippen LogP contribution in [0.3, 0.4) is 0 Å². The van der Waals surface area contributed by atoms with E-state index in [0.29, 0.717) is 5.88 Å². The van der Waals surface area contributed by atoms with Crippen molar-refractivity contribution < 1.29 is 0 Å². The predicted octanol–water partition coefficient (Wildman–Crippen LogP) is 0.917. The van der Waals surface area contributed by atoms with Crippen molar-refractivity contribution in [2.75, 3.05) is 5.88 Å². The Labute approximate surface area is 51.3 Å². The van der Waals surface area contributed by atoms with Crippen LogP contribution in [0.2, 0.25) is 0 Å². The van der Waals surface area contributed by atoms with E-state index in [0.717, 1.165) is 9.55 Å². The first-order valence-corrected chi connectivity index (χ1v) is 5.02. The zero-order chi connectivity index (χ0) is 5.41. The molecule has 0 aliphatic carbocycles. The Bertz CT molecular complexity index is 22.8. The largest absolute Gasteiger partial charge is 0.181 e. The molecule has 0 N–H and O–H groups in total. The molecule has 0 spiro atoms. The summed E-state index contributed by atoms with van der Waals surface area (Å²) in [6.07, 6.45) is 1.64. The molecule has 3 heteroatoms. The van der Waals surface area contributed by atoms with Crippen LogP contribution in [-0.4, -0.2) is 15.4 Å². The van der Waals surface area contributed by atoms with Gasteiger partial charge in [0.1, 0.15) is 9.55 Å². The van der Waals surface area contributed by atoms with Crippen molar-refractivity contribution in [2.45, 2.75) is 0 Å². The minimum Gasteiger partial charge on any atom is -0.181 e. The lowest BCUT2D eigenvalue weighted by Crippen LogP contribution is -1.45. The number of alkyl halides is 1. The van der Waals surface area contributed by atoms with Crippen LogP contribution >= 0.6 is 22.7 Å². The first-order valence-electron chi connectivity index (χ1n) is 1.46. The number of halogens is 2. The fraction of sp³-hybridized carbons (Fsp3) is 0.333. The Hall–Kier alpha value is 0.537. The number of allylic oxidation sites excluding steroid dienone is 1. The van der Waals surface area contributed by atoms with E-state index in [2.05, 4.69) is 6.58 Å². The maximum absolute atomic E-state index is 5.07. The van der Waals surface area contributed by atoms with Crippen molar-refractivity contribution in [3.63, 3.8) is 0 Å². The lowest BCUT2D eigenvalue weighted by atomic mass is 10.8. The lowest BCUT2D eigenvalue weighted by molar-refractivity contribution is 1.80. The molecule has 6 heavy (non-hydrogen) atoms.